The zero-order valence-corrected chi connectivity index (χ0v) is 11.9. The van der Waals surface area contributed by atoms with E-state index in [1.807, 2.05) is 0 Å². The summed E-state index contributed by atoms with van der Waals surface area (Å²) in [6.07, 6.45) is 1.21. The summed E-state index contributed by atoms with van der Waals surface area (Å²) in [4.78, 5) is 3.85. The molecule has 1 fully saturated rings. The molecule has 2 nitrogen and oxygen atoms in total. The van der Waals surface area contributed by atoms with Crippen molar-refractivity contribution in [1.82, 2.24) is 4.90 Å². The van der Waals surface area contributed by atoms with Crippen molar-refractivity contribution in [3.63, 3.8) is 0 Å². The molecule has 2 heterocycles. The molecule has 0 amide bonds. The summed E-state index contributed by atoms with van der Waals surface area (Å²) < 4.78 is 0. The maximum absolute atomic E-state index is 6.38. The van der Waals surface area contributed by atoms with Crippen LogP contribution in [0.5, 0.6) is 0 Å². The Bertz CT molecular complexity index is 495. The fraction of sp³-hybridized carbons (Fsp3) is 0.375. The van der Waals surface area contributed by atoms with Crippen LogP contribution in [0.2, 0.25) is 0 Å². The Morgan fingerprint density at radius 2 is 2.05 bits per heavy atom. The fourth-order valence-electron chi connectivity index (χ4n) is 2.85. The van der Waals surface area contributed by atoms with Gasteiger partial charge in [-0.25, -0.2) is 0 Å². The van der Waals surface area contributed by atoms with E-state index < -0.39 is 0 Å². The first-order chi connectivity index (χ1) is 9.33. The van der Waals surface area contributed by atoms with Gasteiger partial charge in [-0.15, -0.1) is 11.3 Å². The number of nitrogens with two attached hydrogens (primary N) is 1. The minimum Gasteiger partial charge on any atom is -0.323 e. The Balaban J connectivity index is 1.58. The number of nitrogens with zero attached hydrogens (tertiary/aromatic N) is 1. The molecule has 1 saturated heterocycles. The largest absolute Gasteiger partial charge is 0.323 e. The summed E-state index contributed by atoms with van der Waals surface area (Å²) in [5.41, 5.74) is 7.78. The average Bonchev–Trinajstić information content (AvgIpc) is 3.10. The highest BCUT2D eigenvalue weighted by Crippen LogP contribution is 2.31. The molecule has 2 atom stereocenters. The number of rotatable bonds is 4. The van der Waals surface area contributed by atoms with E-state index in [1.165, 1.54) is 23.4 Å². The molecule has 2 unspecified atom stereocenters. The molecule has 1 aromatic carbocycles. The van der Waals surface area contributed by atoms with Crippen molar-refractivity contribution in [2.24, 2.45) is 11.7 Å². The van der Waals surface area contributed by atoms with Crippen LogP contribution in [0, 0.1) is 5.92 Å². The Morgan fingerprint density at radius 1 is 1.21 bits per heavy atom. The summed E-state index contributed by atoms with van der Waals surface area (Å²) in [6.45, 7) is 3.33. The highest BCUT2D eigenvalue weighted by molar-refractivity contribution is 7.10. The fourth-order valence-corrected chi connectivity index (χ4v) is 3.68. The van der Waals surface area contributed by atoms with Gasteiger partial charge in [0.2, 0.25) is 0 Å². The third kappa shape index (κ3) is 3.06. The van der Waals surface area contributed by atoms with Gasteiger partial charge in [0.15, 0.2) is 0 Å². The van der Waals surface area contributed by atoms with E-state index in [1.54, 1.807) is 11.3 Å². The Hall–Kier alpha value is -1.16. The van der Waals surface area contributed by atoms with Gasteiger partial charge in [-0.3, -0.25) is 4.90 Å². The van der Waals surface area contributed by atoms with Crippen molar-refractivity contribution < 1.29 is 0 Å². The van der Waals surface area contributed by atoms with Gasteiger partial charge in [-0.2, -0.15) is 0 Å². The van der Waals surface area contributed by atoms with Crippen LogP contribution in [0.15, 0.2) is 47.8 Å². The molecule has 3 rings (SSSR count). The van der Waals surface area contributed by atoms with Crippen LogP contribution >= 0.6 is 11.3 Å². The van der Waals surface area contributed by atoms with E-state index >= 15 is 0 Å². The highest BCUT2D eigenvalue weighted by atomic mass is 32.1. The van der Waals surface area contributed by atoms with E-state index in [9.17, 15) is 0 Å². The van der Waals surface area contributed by atoms with Crippen LogP contribution in [0.1, 0.15) is 22.9 Å². The predicted octanol–water partition coefficient (Wildman–Crippen LogP) is 3.27. The normalized spacial score (nSPS) is 21.6. The summed E-state index contributed by atoms with van der Waals surface area (Å²) in [6, 6.07) is 15.2. The van der Waals surface area contributed by atoms with E-state index in [4.69, 9.17) is 5.73 Å². The van der Waals surface area contributed by atoms with E-state index in [0.717, 1.165) is 13.1 Å². The molecular weight excluding hydrogens is 252 g/mol. The minimum absolute atomic E-state index is 0.209. The molecule has 1 aromatic heterocycles. The van der Waals surface area contributed by atoms with Gasteiger partial charge in [0.25, 0.3) is 0 Å². The number of hydrogen-bond acceptors (Lipinski definition) is 3. The third-order valence-corrected chi connectivity index (χ3v) is 4.91. The molecule has 0 bridgehead atoms. The topological polar surface area (TPSA) is 29.3 Å². The molecule has 19 heavy (non-hydrogen) atoms. The second-order valence-corrected chi connectivity index (χ2v) is 6.29. The second-order valence-electron chi connectivity index (χ2n) is 5.31. The van der Waals surface area contributed by atoms with Gasteiger partial charge in [-0.1, -0.05) is 36.4 Å². The molecule has 2 N–H and O–H groups in total. The van der Waals surface area contributed by atoms with Crippen molar-refractivity contribution in [1.29, 1.82) is 0 Å². The monoisotopic (exact) mass is 272 g/mol. The van der Waals surface area contributed by atoms with Gasteiger partial charge in [0.05, 0.1) is 0 Å². The van der Waals surface area contributed by atoms with Crippen LogP contribution in [0.4, 0.5) is 0 Å². The molecule has 0 radical (unpaired) electrons. The zero-order chi connectivity index (χ0) is 13.1. The lowest BCUT2D eigenvalue weighted by molar-refractivity contribution is 0.307. The van der Waals surface area contributed by atoms with Gasteiger partial charge in [0.1, 0.15) is 0 Å². The average molecular weight is 272 g/mol. The molecule has 3 heteroatoms. The van der Waals surface area contributed by atoms with Crippen molar-refractivity contribution in [2.75, 3.05) is 13.1 Å². The zero-order valence-electron chi connectivity index (χ0n) is 11.0. The third-order valence-electron chi connectivity index (χ3n) is 3.94. The molecule has 1 aliphatic rings. The first-order valence-corrected chi connectivity index (χ1v) is 7.76. The molecule has 100 valence electrons. The van der Waals surface area contributed by atoms with Crippen molar-refractivity contribution in [3.05, 3.63) is 58.3 Å². The number of hydrogen-bond donors (Lipinski definition) is 1. The lowest BCUT2D eigenvalue weighted by Gasteiger charge is -2.19. The lowest BCUT2D eigenvalue weighted by Crippen LogP contribution is -2.25. The van der Waals surface area contributed by atoms with Crippen LogP contribution in [-0.2, 0) is 6.54 Å². The molecule has 0 aliphatic carbocycles. The van der Waals surface area contributed by atoms with E-state index in [-0.39, 0.29) is 6.04 Å². The summed E-state index contributed by atoms with van der Waals surface area (Å²) in [5.74, 6) is 0.599. The Morgan fingerprint density at radius 3 is 2.79 bits per heavy atom. The smallest absolute Gasteiger partial charge is 0.0431 e. The number of benzene rings is 1. The summed E-state index contributed by atoms with van der Waals surface area (Å²) >= 11 is 1.78. The van der Waals surface area contributed by atoms with Gasteiger partial charge in [-0.05, 0) is 35.9 Å². The molecule has 1 aliphatic heterocycles. The Labute approximate surface area is 118 Å². The molecule has 0 spiro atoms. The van der Waals surface area contributed by atoms with Crippen LogP contribution in [0.25, 0.3) is 0 Å². The SMILES string of the molecule is NC(c1cccs1)C1CCN(Cc2ccccc2)C1. The van der Waals surface area contributed by atoms with Crippen molar-refractivity contribution in [2.45, 2.75) is 19.0 Å². The highest BCUT2D eigenvalue weighted by Gasteiger charge is 2.28. The van der Waals surface area contributed by atoms with Gasteiger partial charge < -0.3 is 5.73 Å². The maximum Gasteiger partial charge on any atom is 0.0431 e. The standard InChI is InChI=1S/C16H20N2S/c17-16(15-7-4-10-19-15)14-8-9-18(12-14)11-13-5-2-1-3-6-13/h1-7,10,14,16H,8-9,11-12,17H2. The van der Waals surface area contributed by atoms with E-state index in [2.05, 4.69) is 52.7 Å². The molecular formula is C16H20N2S. The quantitative estimate of drug-likeness (QED) is 0.925. The number of thiophene rings is 1. The van der Waals surface area contributed by atoms with Gasteiger partial charge in [0, 0.05) is 24.0 Å². The summed E-state index contributed by atoms with van der Waals surface area (Å²) in [5, 5.41) is 2.12. The van der Waals surface area contributed by atoms with Crippen LogP contribution in [0.3, 0.4) is 0 Å². The number of likely N-dealkylation sites (tertiary alicyclic amines) is 1. The summed E-state index contributed by atoms with van der Waals surface area (Å²) in [7, 11) is 0. The molecule has 0 saturated carbocycles. The van der Waals surface area contributed by atoms with Crippen LogP contribution in [-0.4, -0.2) is 18.0 Å². The minimum atomic E-state index is 0.209. The Kier molecular flexibility index (Phi) is 3.97. The predicted molar refractivity (Wildman–Crippen MR) is 81.1 cm³/mol. The first-order valence-electron chi connectivity index (χ1n) is 6.88. The molecule has 2 aromatic rings. The van der Waals surface area contributed by atoms with Gasteiger partial charge >= 0.3 is 0 Å². The second kappa shape index (κ2) is 5.87. The van der Waals surface area contributed by atoms with Crippen molar-refractivity contribution in [3.8, 4) is 0 Å². The van der Waals surface area contributed by atoms with Crippen LogP contribution < -0.4 is 5.73 Å². The van der Waals surface area contributed by atoms with E-state index in [0.29, 0.717) is 5.92 Å². The first kappa shape index (κ1) is 12.9. The maximum atomic E-state index is 6.38. The van der Waals surface area contributed by atoms with Crippen molar-refractivity contribution >= 4 is 11.3 Å². The lowest BCUT2D eigenvalue weighted by atomic mass is 9.98.